The number of hydrogen-bond donors (Lipinski definition) is 2. The van der Waals surface area contributed by atoms with E-state index in [9.17, 15) is 24.3 Å². The van der Waals surface area contributed by atoms with Gasteiger partial charge in [0, 0.05) is 17.8 Å². The van der Waals surface area contributed by atoms with Crippen molar-refractivity contribution in [1.29, 1.82) is 0 Å². The highest BCUT2D eigenvalue weighted by atomic mass is 32.3. The van der Waals surface area contributed by atoms with Crippen LogP contribution in [0.15, 0.2) is 30.3 Å². The summed E-state index contributed by atoms with van der Waals surface area (Å²) in [6, 6.07) is 8.22. The number of carbonyl (C=O) groups is 4. The molecule has 33 heavy (non-hydrogen) atoms. The van der Waals surface area contributed by atoms with Crippen molar-refractivity contribution in [3.63, 3.8) is 0 Å². The van der Waals surface area contributed by atoms with Crippen molar-refractivity contribution in [3.05, 3.63) is 35.9 Å². The molecule has 0 aliphatic carbocycles. The maximum Gasteiger partial charge on any atom is 0.330 e. The Kier molecular flexibility index (Phi) is 7.38. The molecule has 2 aliphatic rings. The van der Waals surface area contributed by atoms with Gasteiger partial charge in [-0.1, -0.05) is 30.3 Å². The molecule has 0 aromatic heterocycles. The molecule has 3 amide bonds. The molecule has 2 aliphatic heterocycles. The SMILES string of the molecule is CCNC(=O)CN(CC)C(=O)S1(CO)[C@@H]2CC(=O)N2[C@@H](C(=O)OCc2ccccc2)C1(C)C. The highest BCUT2D eigenvalue weighted by molar-refractivity contribution is 8.46. The molecule has 2 heterocycles. The Balaban J connectivity index is 1.91. The summed E-state index contributed by atoms with van der Waals surface area (Å²) in [5.41, 5.74) is 0.809. The number of esters is 1. The van der Waals surface area contributed by atoms with Gasteiger partial charge in [-0.2, -0.15) is 0 Å². The summed E-state index contributed by atoms with van der Waals surface area (Å²) in [6.07, 6.45) is 0.0895. The number of ether oxygens (including phenoxy) is 1. The van der Waals surface area contributed by atoms with E-state index in [0.717, 1.165) is 5.56 Å². The first-order valence-electron chi connectivity index (χ1n) is 11.1. The van der Waals surface area contributed by atoms with Crippen LogP contribution in [-0.4, -0.2) is 79.7 Å². The molecule has 1 aromatic rings. The quantitative estimate of drug-likeness (QED) is 0.434. The smallest absolute Gasteiger partial charge is 0.330 e. The zero-order valence-electron chi connectivity index (χ0n) is 19.6. The van der Waals surface area contributed by atoms with Gasteiger partial charge < -0.3 is 25.0 Å². The minimum atomic E-state index is -2.61. The fourth-order valence-electron chi connectivity index (χ4n) is 4.75. The number of carbonyl (C=O) groups excluding carboxylic acids is 4. The maximum atomic E-state index is 13.9. The Morgan fingerprint density at radius 3 is 2.45 bits per heavy atom. The molecule has 10 heteroatoms. The molecule has 182 valence electrons. The topological polar surface area (TPSA) is 116 Å². The summed E-state index contributed by atoms with van der Waals surface area (Å²) in [5.74, 6) is -1.60. The van der Waals surface area contributed by atoms with Crippen LogP contribution in [0.3, 0.4) is 0 Å². The second-order valence-electron chi connectivity index (χ2n) is 8.71. The average Bonchev–Trinajstić information content (AvgIpc) is 2.96. The van der Waals surface area contributed by atoms with Gasteiger partial charge in [0.05, 0.1) is 17.7 Å². The third-order valence-electron chi connectivity index (χ3n) is 6.60. The summed E-state index contributed by atoms with van der Waals surface area (Å²) < 4.78 is 4.52. The van der Waals surface area contributed by atoms with Crippen LogP contribution in [0.25, 0.3) is 0 Å². The lowest BCUT2D eigenvalue weighted by molar-refractivity contribution is -0.162. The first-order valence-corrected chi connectivity index (χ1v) is 13.0. The van der Waals surface area contributed by atoms with Crippen LogP contribution in [0.5, 0.6) is 0 Å². The second kappa shape index (κ2) is 9.72. The number of aliphatic hydroxyl groups is 1. The summed E-state index contributed by atoms with van der Waals surface area (Å²) in [6.45, 7) is 7.66. The fraction of sp³-hybridized carbons (Fsp3) is 0.565. The van der Waals surface area contributed by atoms with Gasteiger partial charge in [0.1, 0.15) is 19.2 Å². The molecule has 1 unspecified atom stereocenters. The Labute approximate surface area is 195 Å². The van der Waals surface area contributed by atoms with Gasteiger partial charge in [0.15, 0.2) is 0 Å². The first kappa shape index (κ1) is 25.0. The van der Waals surface area contributed by atoms with Gasteiger partial charge in [-0.25, -0.2) is 4.79 Å². The molecule has 2 fully saturated rings. The number of benzene rings is 1. The minimum Gasteiger partial charge on any atom is -0.459 e. The molecular weight excluding hydrogens is 446 g/mol. The number of amides is 3. The molecular formula is C23H33N3O6S. The van der Waals surface area contributed by atoms with Gasteiger partial charge in [-0.15, -0.1) is 10.0 Å². The van der Waals surface area contributed by atoms with Gasteiger partial charge >= 0.3 is 5.97 Å². The van der Waals surface area contributed by atoms with Crippen LogP contribution in [0, 0.1) is 0 Å². The molecule has 3 rings (SSSR count). The van der Waals surface area contributed by atoms with Crippen molar-refractivity contribution in [3.8, 4) is 0 Å². The van der Waals surface area contributed by atoms with Gasteiger partial charge in [-0.3, -0.25) is 14.4 Å². The lowest BCUT2D eigenvalue weighted by Gasteiger charge is -2.50. The van der Waals surface area contributed by atoms with Crippen molar-refractivity contribution >= 4 is 33.1 Å². The predicted octanol–water partition coefficient (Wildman–Crippen LogP) is 1.78. The first-order chi connectivity index (χ1) is 15.6. The van der Waals surface area contributed by atoms with Gasteiger partial charge in [0.25, 0.3) is 5.24 Å². The van der Waals surface area contributed by atoms with Crippen LogP contribution in [0.4, 0.5) is 4.79 Å². The van der Waals surface area contributed by atoms with E-state index in [1.807, 2.05) is 30.3 Å². The zero-order valence-corrected chi connectivity index (χ0v) is 20.4. The molecule has 0 bridgehead atoms. The number of likely N-dealkylation sites (N-methyl/N-ethyl adjacent to an activating group) is 2. The second-order valence-corrected chi connectivity index (χ2v) is 12.5. The largest absolute Gasteiger partial charge is 0.459 e. The van der Waals surface area contributed by atoms with E-state index in [2.05, 4.69) is 5.32 Å². The van der Waals surface area contributed by atoms with E-state index >= 15 is 0 Å². The van der Waals surface area contributed by atoms with Crippen molar-refractivity contribution in [2.24, 2.45) is 0 Å². The van der Waals surface area contributed by atoms with Crippen LogP contribution < -0.4 is 5.32 Å². The van der Waals surface area contributed by atoms with Crippen molar-refractivity contribution in [2.75, 3.05) is 25.6 Å². The predicted molar refractivity (Wildman–Crippen MR) is 125 cm³/mol. The summed E-state index contributed by atoms with van der Waals surface area (Å²) >= 11 is 0. The zero-order chi connectivity index (χ0) is 24.4. The van der Waals surface area contributed by atoms with Crippen LogP contribution in [-0.2, 0) is 25.7 Å². The van der Waals surface area contributed by atoms with Crippen LogP contribution >= 0.6 is 10.0 Å². The molecule has 0 radical (unpaired) electrons. The fourth-order valence-corrected chi connectivity index (χ4v) is 9.06. The summed E-state index contributed by atoms with van der Waals surface area (Å²) in [7, 11) is -2.61. The Bertz CT molecular complexity index is 924. The third kappa shape index (κ3) is 4.10. The Morgan fingerprint density at radius 2 is 1.91 bits per heavy atom. The summed E-state index contributed by atoms with van der Waals surface area (Å²) in [4.78, 5) is 54.7. The lowest BCUT2D eigenvalue weighted by Crippen LogP contribution is -2.57. The van der Waals surface area contributed by atoms with Crippen molar-refractivity contribution in [2.45, 2.75) is 56.9 Å². The van der Waals surface area contributed by atoms with E-state index in [-0.39, 0.29) is 43.2 Å². The van der Waals surface area contributed by atoms with Gasteiger partial charge in [-0.05, 0) is 33.3 Å². The summed E-state index contributed by atoms with van der Waals surface area (Å²) in [5, 5.41) is 12.4. The van der Waals surface area contributed by atoms with Gasteiger partial charge in [0.2, 0.25) is 11.8 Å². The van der Waals surface area contributed by atoms with Crippen molar-refractivity contribution in [1.82, 2.24) is 15.1 Å². The molecule has 2 saturated heterocycles. The number of aliphatic hydroxyl groups excluding tert-OH is 1. The standard InChI is InChI=1S/C23H33N3O6S/c1-5-24-17(28)13-25(6-2)22(31)33(15-27)19-12-18(29)26(19)20(23(33,3)4)21(30)32-14-16-10-8-7-9-11-16/h7-11,19-20,27H,5-6,12-15H2,1-4H3,(H,24,28)/t19-,20+/m1/s1. The number of nitrogens with one attached hydrogen (secondary N) is 1. The molecule has 2 N–H and O–H groups in total. The van der Waals surface area contributed by atoms with E-state index in [1.54, 1.807) is 27.7 Å². The molecule has 0 spiro atoms. The molecule has 3 atom stereocenters. The third-order valence-corrected chi connectivity index (χ3v) is 11.3. The van der Waals surface area contributed by atoms with Crippen molar-refractivity contribution < 1.29 is 29.0 Å². The van der Waals surface area contributed by atoms with E-state index < -0.39 is 38.1 Å². The number of hydrogen-bond acceptors (Lipinski definition) is 6. The minimum absolute atomic E-state index is 0.0482. The molecule has 9 nitrogen and oxygen atoms in total. The highest BCUT2D eigenvalue weighted by Gasteiger charge is 2.72. The van der Waals surface area contributed by atoms with E-state index in [4.69, 9.17) is 4.74 Å². The monoisotopic (exact) mass is 479 g/mol. The molecule has 1 aromatic carbocycles. The van der Waals surface area contributed by atoms with E-state index in [1.165, 1.54) is 9.80 Å². The molecule has 0 saturated carbocycles. The van der Waals surface area contributed by atoms with E-state index in [0.29, 0.717) is 6.54 Å². The van der Waals surface area contributed by atoms with Crippen LogP contribution in [0.1, 0.15) is 39.7 Å². The lowest BCUT2D eigenvalue weighted by atomic mass is 9.98. The number of nitrogens with zero attached hydrogens (tertiary/aromatic N) is 2. The Morgan fingerprint density at radius 1 is 1.24 bits per heavy atom. The maximum absolute atomic E-state index is 13.9. The highest BCUT2D eigenvalue weighted by Crippen LogP contribution is 2.74. The average molecular weight is 480 g/mol. The van der Waals surface area contributed by atoms with Crippen LogP contribution in [0.2, 0.25) is 0 Å². The number of rotatable bonds is 8. The number of β-lactam (4-membered cyclic amide) rings is 1. The Hall–Kier alpha value is -2.59. The normalized spacial score (nSPS) is 27.1. The number of fused-ring (bicyclic) bond motifs is 1.